The maximum absolute atomic E-state index is 12.0. The fourth-order valence-electron chi connectivity index (χ4n) is 1.80. The standard InChI is InChI=1S/C15H14ClN3O2/c1-17-15(21)11-3-2-8-19(9-11)10-14(20)18-13-6-4-12(16)5-7-13/h2-9H,10H2,1H3,(H-,17,18,20,21)/p+1. The Bertz CT molecular complexity index is 656. The van der Waals surface area contributed by atoms with Crippen molar-refractivity contribution in [1.82, 2.24) is 5.32 Å². The summed E-state index contributed by atoms with van der Waals surface area (Å²) in [7, 11) is 1.56. The van der Waals surface area contributed by atoms with Crippen molar-refractivity contribution in [3.05, 3.63) is 59.4 Å². The smallest absolute Gasteiger partial charge is 0.290 e. The Kier molecular flexibility index (Phi) is 4.90. The second-order valence-corrected chi connectivity index (χ2v) is 4.84. The van der Waals surface area contributed by atoms with E-state index in [0.29, 0.717) is 16.3 Å². The van der Waals surface area contributed by atoms with Crippen molar-refractivity contribution in [3.8, 4) is 0 Å². The lowest BCUT2D eigenvalue weighted by Crippen LogP contribution is -2.40. The monoisotopic (exact) mass is 304 g/mol. The highest BCUT2D eigenvalue weighted by atomic mass is 35.5. The number of aromatic nitrogens is 1. The lowest BCUT2D eigenvalue weighted by atomic mass is 10.2. The Labute approximate surface area is 127 Å². The van der Waals surface area contributed by atoms with Crippen molar-refractivity contribution in [3.63, 3.8) is 0 Å². The predicted octanol–water partition coefficient (Wildman–Crippen LogP) is 1.63. The van der Waals surface area contributed by atoms with E-state index < -0.39 is 0 Å². The first-order chi connectivity index (χ1) is 10.1. The largest absolute Gasteiger partial charge is 0.355 e. The van der Waals surface area contributed by atoms with Crippen LogP contribution in [0.3, 0.4) is 0 Å². The molecule has 2 rings (SSSR count). The number of carbonyl (C=O) groups excluding carboxylic acids is 2. The van der Waals surface area contributed by atoms with Crippen LogP contribution in [0.25, 0.3) is 0 Å². The van der Waals surface area contributed by atoms with E-state index in [-0.39, 0.29) is 18.4 Å². The van der Waals surface area contributed by atoms with E-state index in [9.17, 15) is 9.59 Å². The minimum Gasteiger partial charge on any atom is -0.355 e. The molecule has 0 unspecified atom stereocenters. The van der Waals surface area contributed by atoms with Crippen LogP contribution in [0.1, 0.15) is 10.4 Å². The molecule has 0 aliphatic carbocycles. The number of halogens is 1. The highest BCUT2D eigenvalue weighted by molar-refractivity contribution is 6.30. The highest BCUT2D eigenvalue weighted by Crippen LogP contribution is 2.13. The lowest BCUT2D eigenvalue weighted by molar-refractivity contribution is -0.684. The third-order valence-electron chi connectivity index (χ3n) is 2.80. The molecule has 0 saturated carbocycles. The molecule has 2 N–H and O–H groups in total. The zero-order valence-electron chi connectivity index (χ0n) is 11.5. The summed E-state index contributed by atoms with van der Waals surface area (Å²) in [5.41, 5.74) is 1.17. The van der Waals surface area contributed by atoms with Gasteiger partial charge in [-0.05, 0) is 30.3 Å². The van der Waals surface area contributed by atoms with E-state index >= 15 is 0 Å². The summed E-state index contributed by atoms with van der Waals surface area (Å²) in [6, 6.07) is 10.3. The lowest BCUT2D eigenvalue weighted by Gasteiger charge is -2.03. The van der Waals surface area contributed by atoms with Crippen molar-refractivity contribution in [2.45, 2.75) is 6.54 Å². The molecule has 2 aromatic rings. The molecule has 0 spiro atoms. The van der Waals surface area contributed by atoms with Gasteiger partial charge in [0.1, 0.15) is 5.56 Å². The Morgan fingerprint density at radius 1 is 1.19 bits per heavy atom. The van der Waals surface area contributed by atoms with E-state index in [4.69, 9.17) is 11.6 Å². The van der Waals surface area contributed by atoms with Gasteiger partial charge in [0, 0.05) is 23.8 Å². The van der Waals surface area contributed by atoms with E-state index in [1.165, 1.54) is 0 Å². The molecule has 0 atom stereocenters. The minimum atomic E-state index is -0.192. The molecule has 0 bridgehead atoms. The quantitative estimate of drug-likeness (QED) is 0.843. The average molecular weight is 305 g/mol. The number of nitrogens with one attached hydrogen (secondary N) is 2. The summed E-state index contributed by atoms with van der Waals surface area (Å²) in [6.45, 7) is 0.119. The van der Waals surface area contributed by atoms with Crippen molar-refractivity contribution in [1.29, 1.82) is 0 Å². The Balaban J connectivity index is 2.02. The number of benzene rings is 1. The van der Waals surface area contributed by atoms with Crippen molar-refractivity contribution in [2.24, 2.45) is 0 Å². The van der Waals surface area contributed by atoms with Crippen molar-refractivity contribution in [2.75, 3.05) is 12.4 Å². The van der Waals surface area contributed by atoms with Gasteiger partial charge >= 0.3 is 0 Å². The maximum Gasteiger partial charge on any atom is 0.290 e. The molecule has 0 radical (unpaired) electrons. The molecule has 2 amide bonds. The van der Waals surface area contributed by atoms with Crippen LogP contribution in [-0.4, -0.2) is 18.9 Å². The van der Waals surface area contributed by atoms with E-state index in [1.807, 2.05) is 0 Å². The van der Waals surface area contributed by atoms with Crippen LogP contribution in [-0.2, 0) is 11.3 Å². The number of hydrogen-bond donors (Lipinski definition) is 2. The van der Waals surface area contributed by atoms with Crippen LogP contribution in [0.2, 0.25) is 5.02 Å². The number of anilines is 1. The Morgan fingerprint density at radius 2 is 1.90 bits per heavy atom. The first kappa shape index (κ1) is 15.0. The number of nitrogens with zero attached hydrogens (tertiary/aromatic N) is 1. The van der Waals surface area contributed by atoms with Crippen LogP contribution in [0.5, 0.6) is 0 Å². The molecule has 108 valence electrons. The van der Waals surface area contributed by atoms with Crippen LogP contribution >= 0.6 is 11.6 Å². The molecular weight excluding hydrogens is 290 g/mol. The second-order valence-electron chi connectivity index (χ2n) is 4.40. The van der Waals surface area contributed by atoms with Crippen LogP contribution in [0, 0.1) is 0 Å². The number of hydrogen-bond acceptors (Lipinski definition) is 2. The molecule has 0 saturated heterocycles. The van der Waals surface area contributed by atoms with E-state index in [2.05, 4.69) is 10.6 Å². The summed E-state index contributed by atoms with van der Waals surface area (Å²) in [5, 5.41) is 5.91. The van der Waals surface area contributed by atoms with Gasteiger partial charge in [-0.25, -0.2) is 0 Å². The summed E-state index contributed by atoms with van der Waals surface area (Å²) >= 11 is 5.78. The summed E-state index contributed by atoms with van der Waals surface area (Å²) in [5.74, 6) is -0.376. The van der Waals surface area contributed by atoms with Crippen LogP contribution < -0.4 is 15.2 Å². The number of rotatable bonds is 4. The molecule has 0 aliphatic rings. The second kappa shape index (κ2) is 6.85. The van der Waals surface area contributed by atoms with Crippen LogP contribution in [0.4, 0.5) is 5.69 Å². The molecule has 1 heterocycles. The van der Waals surface area contributed by atoms with E-state index in [0.717, 1.165) is 0 Å². The molecule has 0 fully saturated rings. The third-order valence-corrected chi connectivity index (χ3v) is 3.05. The van der Waals surface area contributed by atoms with Gasteiger partial charge in [0.25, 0.3) is 11.8 Å². The summed E-state index contributed by atoms with van der Waals surface area (Å²) in [6.07, 6.45) is 3.36. The van der Waals surface area contributed by atoms with Crippen LogP contribution in [0.15, 0.2) is 48.8 Å². The van der Waals surface area contributed by atoms with Crippen molar-refractivity contribution < 1.29 is 14.2 Å². The van der Waals surface area contributed by atoms with Gasteiger partial charge in [-0.3, -0.25) is 9.59 Å². The SMILES string of the molecule is CNC(=O)c1ccc[n+](CC(=O)Nc2ccc(Cl)cc2)c1. The van der Waals surface area contributed by atoms with Gasteiger partial charge in [0.15, 0.2) is 12.4 Å². The zero-order chi connectivity index (χ0) is 15.2. The molecular formula is C15H15ClN3O2+. The fourth-order valence-corrected chi connectivity index (χ4v) is 1.92. The normalized spacial score (nSPS) is 10.0. The molecule has 1 aromatic carbocycles. The fraction of sp³-hybridized carbons (Fsp3) is 0.133. The van der Waals surface area contributed by atoms with E-state index in [1.54, 1.807) is 60.4 Å². The first-order valence-electron chi connectivity index (χ1n) is 6.35. The van der Waals surface area contributed by atoms with Gasteiger partial charge in [0.2, 0.25) is 6.54 Å². The third kappa shape index (κ3) is 4.29. The number of pyridine rings is 1. The minimum absolute atomic E-state index is 0.119. The molecule has 6 heteroatoms. The number of carbonyl (C=O) groups is 2. The van der Waals surface area contributed by atoms with Gasteiger partial charge in [-0.2, -0.15) is 4.57 Å². The highest BCUT2D eigenvalue weighted by Gasteiger charge is 2.13. The van der Waals surface area contributed by atoms with Gasteiger partial charge < -0.3 is 10.6 Å². The molecule has 0 aliphatic heterocycles. The Hall–Kier alpha value is -2.40. The summed E-state index contributed by atoms with van der Waals surface area (Å²) in [4.78, 5) is 23.5. The summed E-state index contributed by atoms with van der Waals surface area (Å²) < 4.78 is 1.65. The average Bonchev–Trinajstić information content (AvgIpc) is 2.49. The maximum atomic E-state index is 12.0. The predicted molar refractivity (Wildman–Crippen MR) is 80.1 cm³/mol. The molecule has 21 heavy (non-hydrogen) atoms. The Morgan fingerprint density at radius 3 is 2.57 bits per heavy atom. The van der Waals surface area contributed by atoms with Gasteiger partial charge in [-0.1, -0.05) is 11.6 Å². The van der Waals surface area contributed by atoms with Gasteiger partial charge in [0.05, 0.1) is 0 Å². The topological polar surface area (TPSA) is 62.1 Å². The molecule has 5 nitrogen and oxygen atoms in total. The van der Waals surface area contributed by atoms with Crippen molar-refractivity contribution >= 4 is 29.1 Å². The number of amides is 2. The molecule has 1 aromatic heterocycles. The first-order valence-corrected chi connectivity index (χ1v) is 6.73. The zero-order valence-corrected chi connectivity index (χ0v) is 12.2. The van der Waals surface area contributed by atoms with Gasteiger partial charge in [-0.15, -0.1) is 0 Å².